The first-order chi connectivity index (χ1) is 7.06. The van der Waals surface area contributed by atoms with E-state index in [1.807, 2.05) is 6.92 Å². The summed E-state index contributed by atoms with van der Waals surface area (Å²) in [6, 6.07) is 0. The second-order valence-electron chi connectivity index (χ2n) is 3.28. The van der Waals surface area contributed by atoms with Gasteiger partial charge < -0.3 is 9.47 Å². The number of Topliss-reactive ketones (excluding diaryl/α,β-unsaturated/α-hetero) is 1. The Morgan fingerprint density at radius 2 is 2.00 bits per heavy atom. The number of rotatable bonds is 8. The van der Waals surface area contributed by atoms with Crippen molar-refractivity contribution in [3.63, 3.8) is 0 Å². The maximum absolute atomic E-state index is 11.1. The van der Waals surface area contributed by atoms with Crippen LogP contribution in [0.2, 0.25) is 0 Å². The molecule has 0 atom stereocenters. The van der Waals surface area contributed by atoms with E-state index in [-0.39, 0.29) is 18.8 Å². The van der Waals surface area contributed by atoms with E-state index in [1.165, 1.54) is 0 Å². The minimum Gasteiger partial charge on any atom is -0.466 e. The number of ether oxygens (including phenoxy) is 2. The maximum atomic E-state index is 11.1. The van der Waals surface area contributed by atoms with Crippen LogP contribution in [0, 0.1) is 0 Å². The van der Waals surface area contributed by atoms with Crippen LogP contribution in [0.1, 0.15) is 26.7 Å². The van der Waals surface area contributed by atoms with Crippen LogP contribution in [0.5, 0.6) is 0 Å². The molecular formula is C11H18O4. The van der Waals surface area contributed by atoms with Crippen molar-refractivity contribution in [1.82, 2.24) is 0 Å². The summed E-state index contributed by atoms with van der Waals surface area (Å²) in [4.78, 5) is 22.0. The average molecular weight is 214 g/mol. The minimum atomic E-state index is -0.494. The topological polar surface area (TPSA) is 52.6 Å². The first-order valence-corrected chi connectivity index (χ1v) is 4.95. The summed E-state index contributed by atoms with van der Waals surface area (Å²) in [7, 11) is 0. The normalized spacial score (nSPS) is 9.73. The molecule has 86 valence electrons. The van der Waals surface area contributed by atoms with Gasteiger partial charge in [0, 0.05) is 0 Å². The second-order valence-corrected chi connectivity index (χ2v) is 3.28. The van der Waals surface area contributed by atoms with Crippen molar-refractivity contribution in [2.24, 2.45) is 0 Å². The predicted octanol–water partition coefficient (Wildman–Crippen LogP) is 1.49. The molecule has 0 aliphatic carbocycles. The summed E-state index contributed by atoms with van der Waals surface area (Å²) in [6.07, 6.45) is 0.521. The molecule has 0 aromatic heterocycles. The Bertz CT molecular complexity index is 233. The van der Waals surface area contributed by atoms with E-state index in [0.29, 0.717) is 13.2 Å². The third-order valence-electron chi connectivity index (χ3n) is 1.58. The summed E-state index contributed by atoms with van der Waals surface area (Å²) >= 11 is 0. The van der Waals surface area contributed by atoms with E-state index in [1.54, 1.807) is 6.92 Å². The number of esters is 1. The molecule has 0 unspecified atom stereocenters. The fraction of sp³-hybridized carbons (Fsp3) is 0.636. The molecular weight excluding hydrogens is 196 g/mol. The van der Waals surface area contributed by atoms with Gasteiger partial charge in [0.2, 0.25) is 0 Å². The van der Waals surface area contributed by atoms with Crippen molar-refractivity contribution in [3.8, 4) is 0 Å². The lowest BCUT2D eigenvalue weighted by Crippen LogP contribution is -2.16. The third-order valence-corrected chi connectivity index (χ3v) is 1.58. The first-order valence-electron chi connectivity index (χ1n) is 4.95. The molecule has 15 heavy (non-hydrogen) atoms. The number of hydrogen-bond acceptors (Lipinski definition) is 4. The molecule has 0 aliphatic heterocycles. The molecule has 0 rings (SSSR count). The van der Waals surface area contributed by atoms with Crippen molar-refractivity contribution < 1.29 is 19.1 Å². The molecule has 0 saturated carbocycles. The predicted molar refractivity (Wildman–Crippen MR) is 56.5 cm³/mol. The number of ketones is 1. The summed E-state index contributed by atoms with van der Waals surface area (Å²) in [6.45, 7) is 8.02. The van der Waals surface area contributed by atoms with Crippen LogP contribution in [-0.2, 0) is 19.1 Å². The molecule has 0 aromatic rings. The van der Waals surface area contributed by atoms with E-state index in [2.05, 4.69) is 11.3 Å². The van der Waals surface area contributed by atoms with E-state index in [4.69, 9.17) is 4.74 Å². The summed E-state index contributed by atoms with van der Waals surface area (Å²) in [5.41, 5.74) is 1.01. The molecule has 0 radical (unpaired) electrons. The van der Waals surface area contributed by atoms with Crippen LogP contribution in [-0.4, -0.2) is 31.6 Å². The Kier molecular flexibility index (Phi) is 7.54. The number of hydrogen-bond donors (Lipinski definition) is 0. The van der Waals surface area contributed by atoms with Crippen molar-refractivity contribution in [3.05, 3.63) is 12.2 Å². The van der Waals surface area contributed by atoms with Gasteiger partial charge >= 0.3 is 5.97 Å². The molecule has 0 aliphatic rings. The van der Waals surface area contributed by atoms with Gasteiger partial charge in [0.15, 0.2) is 5.78 Å². The van der Waals surface area contributed by atoms with Gasteiger partial charge in [-0.1, -0.05) is 5.57 Å². The molecule has 0 amide bonds. The zero-order valence-corrected chi connectivity index (χ0v) is 9.38. The van der Waals surface area contributed by atoms with Crippen molar-refractivity contribution >= 4 is 11.8 Å². The molecule has 0 fully saturated rings. The van der Waals surface area contributed by atoms with Crippen molar-refractivity contribution in [2.45, 2.75) is 26.7 Å². The quantitative estimate of drug-likeness (QED) is 0.266. The van der Waals surface area contributed by atoms with Gasteiger partial charge in [-0.05, 0) is 20.3 Å². The molecule has 4 heteroatoms. The molecule has 0 N–H and O–H groups in total. The first kappa shape index (κ1) is 13.8. The molecule has 0 bridgehead atoms. The highest BCUT2D eigenvalue weighted by Crippen LogP contribution is 1.96. The standard InChI is InChI=1S/C11H18O4/c1-4-15-11(13)7-10(12)8-14-6-5-9(2)3/h2,4-8H2,1,3H3. The number of carbonyl (C=O) groups is 2. The van der Waals surface area contributed by atoms with E-state index >= 15 is 0 Å². The van der Waals surface area contributed by atoms with Gasteiger partial charge in [-0.25, -0.2) is 0 Å². The van der Waals surface area contributed by atoms with E-state index in [0.717, 1.165) is 12.0 Å². The molecule has 0 spiro atoms. The zero-order valence-electron chi connectivity index (χ0n) is 9.38. The zero-order chi connectivity index (χ0) is 11.7. The minimum absolute atomic E-state index is 0.0356. The second kappa shape index (κ2) is 8.17. The van der Waals surface area contributed by atoms with Crippen LogP contribution in [0.25, 0.3) is 0 Å². The maximum Gasteiger partial charge on any atom is 0.313 e. The van der Waals surface area contributed by atoms with Crippen LogP contribution in [0.15, 0.2) is 12.2 Å². The highest BCUT2D eigenvalue weighted by molar-refractivity contribution is 5.96. The van der Waals surface area contributed by atoms with Crippen LogP contribution in [0.3, 0.4) is 0 Å². The molecule has 0 saturated heterocycles. The monoisotopic (exact) mass is 214 g/mol. The van der Waals surface area contributed by atoms with Gasteiger partial charge in [0.05, 0.1) is 13.2 Å². The lowest BCUT2D eigenvalue weighted by molar-refractivity contribution is -0.146. The third kappa shape index (κ3) is 9.15. The summed E-state index contributed by atoms with van der Waals surface area (Å²) < 4.78 is 9.69. The van der Waals surface area contributed by atoms with Crippen LogP contribution >= 0.6 is 0 Å². The largest absolute Gasteiger partial charge is 0.466 e. The highest BCUT2D eigenvalue weighted by Gasteiger charge is 2.09. The molecule has 0 heterocycles. The lowest BCUT2D eigenvalue weighted by Gasteiger charge is -2.03. The van der Waals surface area contributed by atoms with Gasteiger partial charge in [-0.3, -0.25) is 9.59 Å². The van der Waals surface area contributed by atoms with Gasteiger partial charge in [0.25, 0.3) is 0 Å². The SMILES string of the molecule is C=C(C)CCOCC(=O)CC(=O)OCC. The Hall–Kier alpha value is -1.16. The molecule has 4 nitrogen and oxygen atoms in total. The van der Waals surface area contributed by atoms with Crippen molar-refractivity contribution in [2.75, 3.05) is 19.8 Å². The lowest BCUT2D eigenvalue weighted by atomic mass is 10.2. The average Bonchev–Trinajstić information content (AvgIpc) is 2.12. The van der Waals surface area contributed by atoms with E-state index in [9.17, 15) is 9.59 Å². The fourth-order valence-corrected chi connectivity index (χ4v) is 0.856. The number of carbonyl (C=O) groups excluding carboxylic acids is 2. The summed E-state index contributed by atoms with van der Waals surface area (Å²) in [5.74, 6) is -0.749. The van der Waals surface area contributed by atoms with Crippen LogP contribution in [0.4, 0.5) is 0 Å². The Balaban J connectivity index is 3.49. The van der Waals surface area contributed by atoms with E-state index < -0.39 is 5.97 Å². The van der Waals surface area contributed by atoms with Gasteiger partial charge in [-0.15, -0.1) is 6.58 Å². The van der Waals surface area contributed by atoms with Gasteiger partial charge in [-0.2, -0.15) is 0 Å². The molecule has 0 aromatic carbocycles. The van der Waals surface area contributed by atoms with Crippen LogP contribution < -0.4 is 0 Å². The van der Waals surface area contributed by atoms with Crippen molar-refractivity contribution in [1.29, 1.82) is 0 Å². The Morgan fingerprint density at radius 3 is 2.53 bits per heavy atom. The smallest absolute Gasteiger partial charge is 0.313 e. The van der Waals surface area contributed by atoms with Gasteiger partial charge in [0.1, 0.15) is 13.0 Å². The Morgan fingerprint density at radius 1 is 1.33 bits per heavy atom. The summed E-state index contributed by atoms with van der Waals surface area (Å²) in [5, 5.41) is 0. The Labute approximate surface area is 90.2 Å². The highest BCUT2D eigenvalue weighted by atomic mass is 16.5. The fourth-order valence-electron chi connectivity index (χ4n) is 0.856.